The van der Waals surface area contributed by atoms with Gasteiger partial charge in [-0.05, 0) is 83.1 Å². The molecule has 0 bridgehead atoms. The normalized spacial score (nSPS) is 14.1. The van der Waals surface area contributed by atoms with Crippen LogP contribution in [0.2, 0.25) is 0 Å². The fourth-order valence-corrected chi connectivity index (χ4v) is 8.66. The zero-order valence-corrected chi connectivity index (χ0v) is 45.1. The van der Waals surface area contributed by atoms with E-state index in [4.69, 9.17) is 13.8 Å². The van der Waals surface area contributed by atoms with Crippen molar-refractivity contribution in [1.29, 1.82) is 0 Å². The first-order valence-electron chi connectivity index (χ1n) is 27.8. The van der Waals surface area contributed by atoms with E-state index < -0.39 is 20.0 Å². The number of carbonyl (C=O) groups is 2. The molecule has 0 radical (unpaired) electrons. The highest BCUT2D eigenvalue weighted by atomic mass is 31.2. The summed E-state index contributed by atoms with van der Waals surface area (Å²) >= 11 is 0. The van der Waals surface area contributed by atoms with Crippen molar-refractivity contribution in [3.05, 3.63) is 36.5 Å². The minimum Gasteiger partial charge on any atom is -0.456 e. The number of allylic oxidation sites excluding steroid dienone is 5. The first-order valence-corrected chi connectivity index (χ1v) is 29.3. The molecule has 9 nitrogen and oxygen atoms in total. The quantitative estimate of drug-likeness (QED) is 0.0205. The van der Waals surface area contributed by atoms with Crippen LogP contribution in [-0.4, -0.2) is 74.3 Å². The third-order valence-electron chi connectivity index (χ3n) is 12.3. The van der Waals surface area contributed by atoms with Gasteiger partial charge in [0.1, 0.15) is 19.3 Å². The average Bonchev–Trinajstić information content (AvgIpc) is 3.27. The van der Waals surface area contributed by atoms with Gasteiger partial charge in [-0.3, -0.25) is 18.6 Å². The number of unbranched alkanes of at least 4 members (excludes halogenated alkanes) is 30. The van der Waals surface area contributed by atoms with Gasteiger partial charge >= 0.3 is 13.8 Å². The maximum atomic E-state index is 13.4. The van der Waals surface area contributed by atoms with Gasteiger partial charge in [0.25, 0.3) is 0 Å². The number of nitrogens with one attached hydrogen (secondary N) is 1. The molecule has 0 aliphatic carbocycles. The third-order valence-corrected chi connectivity index (χ3v) is 13.3. The lowest BCUT2D eigenvalue weighted by Gasteiger charge is -2.27. The maximum absolute atomic E-state index is 13.4. The number of nitrogens with zero attached hydrogens (tertiary/aromatic N) is 1. The summed E-state index contributed by atoms with van der Waals surface area (Å²) < 4.78 is 30.5. The van der Waals surface area contributed by atoms with E-state index in [0.717, 1.165) is 77.0 Å². The molecule has 388 valence electrons. The zero-order valence-electron chi connectivity index (χ0n) is 44.2. The summed E-state index contributed by atoms with van der Waals surface area (Å²) in [6, 6.07) is -0.858. The number of esters is 1. The van der Waals surface area contributed by atoms with E-state index in [0.29, 0.717) is 23.9 Å². The van der Waals surface area contributed by atoms with Crippen molar-refractivity contribution in [3.8, 4) is 0 Å². The summed E-state index contributed by atoms with van der Waals surface area (Å²) in [5, 5.41) is 3.03. The van der Waals surface area contributed by atoms with Crippen LogP contribution in [0.3, 0.4) is 0 Å². The Balaban J connectivity index is 5.45. The minimum atomic E-state index is -4.44. The summed E-state index contributed by atoms with van der Waals surface area (Å²) in [7, 11) is 1.48. The smallest absolute Gasteiger partial charge is 0.456 e. The Labute approximate surface area is 408 Å². The van der Waals surface area contributed by atoms with E-state index in [1.165, 1.54) is 141 Å². The predicted octanol–water partition coefficient (Wildman–Crippen LogP) is 16.4. The van der Waals surface area contributed by atoms with Crippen molar-refractivity contribution in [2.45, 2.75) is 270 Å². The monoisotopic (exact) mass is 952 g/mol. The average molecular weight is 952 g/mol. The number of phosphoric ester groups is 1. The van der Waals surface area contributed by atoms with Gasteiger partial charge < -0.3 is 19.4 Å². The van der Waals surface area contributed by atoms with Gasteiger partial charge in [0.15, 0.2) is 0 Å². The van der Waals surface area contributed by atoms with Crippen LogP contribution in [-0.2, 0) is 27.9 Å². The third kappa shape index (κ3) is 47.3. The molecule has 0 aliphatic heterocycles. The van der Waals surface area contributed by atoms with Crippen LogP contribution in [0, 0.1) is 0 Å². The highest BCUT2D eigenvalue weighted by molar-refractivity contribution is 7.47. The summed E-state index contributed by atoms with van der Waals surface area (Å²) in [6.45, 7) is 6.98. The molecule has 3 unspecified atom stereocenters. The van der Waals surface area contributed by atoms with E-state index in [1.54, 1.807) is 0 Å². The first-order chi connectivity index (χ1) is 31.9. The number of phosphoric acid groups is 1. The molecule has 0 saturated heterocycles. The molecule has 1 amide bonds. The number of rotatable bonds is 50. The number of hydrogen-bond acceptors (Lipinski definition) is 6. The molecule has 0 aromatic heterocycles. The topological polar surface area (TPSA) is 111 Å². The van der Waals surface area contributed by atoms with Crippen molar-refractivity contribution in [3.63, 3.8) is 0 Å². The molecule has 10 heteroatoms. The Morgan fingerprint density at radius 3 is 1.29 bits per heavy atom. The van der Waals surface area contributed by atoms with Gasteiger partial charge in [-0.15, -0.1) is 0 Å². The lowest BCUT2D eigenvalue weighted by Crippen LogP contribution is -2.47. The second kappa shape index (κ2) is 46.9. The predicted molar refractivity (Wildman–Crippen MR) is 282 cm³/mol. The Kier molecular flexibility index (Phi) is 45.7. The van der Waals surface area contributed by atoms with E-state index in [2.05, 4.69) is 50.4 Å². The van der Waals surface area contributed by atoms with Crippen molar-refractivity contribution >= 4 is 19.7 Å². The summed E-state index contributed by atoms with van der Waals surface area (Å²) in [4.78, 5) is 37.5. The molecular weight excluding hydrogens is 844 g/mol. The first kappa shape index (κ1) is 64.2. The van der Waals surface area contributed by atoms with Gasteiger partial charge in [0.2, 0.25) is 5.91 Å². The van der Waals surface area contributed by atoms with Crippen molar-refractivity contribution in [2.24, 2.45) is 0 Å². The molecule has 0 aliphatic rings. The molecule has 3 atom stereocenters. The van der Waals surface area contributed by atoms with Crippen LogP contribution in [0.15, 0.2) is 36.5 Å². The van der Waals surface area contributed by atoms with Gasteiger partial charge in [-0.2, -0.15) is 0 Å². The van der Waals surface area contributed by atoms with Crippen molar-refractivity contribution < 1.29 is 37.3 Å². The number of carbonyl (C=O) groups excluding carboxylic acids is 2. The number of amides is 1. The molecule has 0 spiro atoms. The summed E-state index contributed by atoms with van der Waals surface area (Å²) in [5.74, 6) is -0.537. The number of likely N-dealkylation sites (N-methyl/N-ethyl adjacent to an activating group) is 1. The van der Waals surface area contributed by atoms with E-state index in [1.807, 2.05) is 33.3 Å². The molecular formula is C56H108N2O7P+. The van der Waals surface area contributed by atoms with Crippen molar-refractivity contribution in [2.75, 3.05) is 40.9 Å². The molecule has 0 heterocycles. The Hall–Kier alpha value is -1.77. The van der Waals surface area contributed by atoms with Crippen LogP contribution in [0.5, 0.6) is 0 Å². The maximum Gasteiger partial charge on any atom is 0.472 e. The van der Waals surface area contributed by atoms with E-state index in [9.17, 15) is 19.0 Å². The van der Waals surface area contributed by atoms with E-state index >= 15 is 0 Å². The lowest BCUT2D eigenvalue weighted by molar-refractivity contribution is -0.870. The van der Waals surface area contributed by atoms with Crippen LogP contribution >= 0.6 is 7.82 Å². The zero-order chi connectivity index (χ0) is 48.7. The number of ether oxygens (including phenoxy) is 1. The summed E-state index contributed by atoms with van der Waals surface area (Å²) in [5.41, 5.74) is 0. The van der Waals surface area contributed by atoms with Crippen LogP contribution in [0.1, 0.15) is 258 Å². The van der Waals surface area contributed by atoms with E-state index in [-0.39, 0.29) is 31.5 Å². The fourth-order valence-electron chi connectivity index (χ4n) is 7.93. The molecule has 0 aromatic carbocycles. The molecule has 0 saturated carbocycles. The van der Waals surface area contributed by atoms with Gasteiger partial charge in [-0.1, -0.05) is 199 Å². The number of hydrogen-bond donors (Lipinski definition) is 2. The fraction of sp³-hybridized carbons (Fsp3) is 0.857. The van der Waals surface area contributed by atoms with Gasteiger partial charge in [0.05, 0.1) is 33.8 Å². The van der Waals surface area contributed by atoms with Crippen LogP contribution < -0.4 is 5.32 Å². The highest BCUT2D eigenvalue weighted by Gasteiger charge is 2.30. The Morgan fingerprint density at radius 1 is 0.515 bits per heavy atom. The van der Waals surface area contributed by atoms with Gasteiger partial charge in [-0.25, -0.2) is 4.57 Å². The second-order valence-electron chi connectivity index (χ2n) is 20.1. The Bertz CT molecular complexity index is 1230. The molecule has 66 heavy (non-hydrogen) atoms. The Morgan fingerprint density at radius 2 is 0.879 bits per heavy atom. The molecule has 2 N–H and O–H groups in total. The lowest BCUT2D eigenvalue weighted by atomic mass is 10.0. The minimum absolute atomic E-state index is 0.0365. The molecule has 0 fully saturated rings. The number of quaternary nitrogens is 1. The second-order valence-corrected chi connectivity index (χ2v) is 21.6. The standard InChI is InChI=1S/C56H107N2O7P/c1-7-10-13-16-19-22-25-28-31-34-37-40-43-46-49-56(60)65-54(47-44-41-38-35-32-29-26-23-20-17-14-11-8-2)53(52-64-66(61,62)63-51-50-58(4,5)6)57-55(59)48-45-42-39-36-33-30-27-24-21-18-15-12-9-3/h30-31,33-34,44,47,53-54H,7-29,32,35-43,45-46,48-52H2,1-6H3,(H-,57,59,61,62)/p+1/b33-30-,34-31-,47-44+. The molecule has 0 aromatic rings. The van der Waals surface area contributed by atoms with Crippen LogP contribution in [0.25, 0.3) is 0 Å². The van der Waals surface area contributed by atoms with Gasteiger partial charge in [0, 0.05) is 12.8 Å². The summed E-state index contributed by atoms with van der Waals surface area (Å²) in [6.07, 6.45) is 54.2. The SMILES string of the molecule is CCCCCCCC/C=C\CCCCCC(=O)NC(COP(=O)(O)OCC[N+](C)(C)C)C(/C=C/CCCCCCCCCCCCC)OC(=O)CCCCC/C=C\CCCCCCCCC. The highest BCUT2D eigenvalue weighted by Crippen LogP contribution is 2.43. The van der Waals surface area contributed by atoms with Crippen molar-refractivity contribution in [1.82, 2.24) is 5.32 Å². The largest absolute Gasteiger partial charge is 0.472 e. The molecule has 0 rings (SSSR count). The van der Waals surface area contributed by atoms with Crippen LogP contribution in [0.4, 0.5) is 0 Å².